The minimum Gasteiger partial charge on any atom is -0.292 e. The summed E-state index contributed by atoms with van der Waals surface area (Å²) in [6.45, 7) is 4.09. The van der Waals surface area contributed by atoms with E-state index < -0.39 is 5.41 Å². The van der Waals surface area contributed by atoms with E-state index in [-0.39, 0.29) is 18.2 Å². The molecule has 1 amide bonds. The monoisotopic (exact) mass is 344 g/mol. The van der Waals surface area contributed by atoms with Crippen molar-refractivity contribution in [2.45, 2.75) is 46.0 Å². The zero-order valence-corrected chi connectivity index (χ0v) is 15.1. The first-order valence-corrected chi connectivity index (χ1v) is 9.87. The number of Topliss-reactive ketones (excluding diaryl/α,β-unsaturated/α-hetero) is 1. The van der Waals surface area contributed by atoms with E-state index in [0.717, 1.165) is 18.1 Å². The fourth-order valence-corrected chi connectivity index (χ4v) is 5.68. The third-order valence-corrected chi connectivity index (χ3v) is 7.31. The normalized spacial score (nSPS) is 35.4. The highest BCUT2D eigenvalue weighted by Gasteiger charge is 2.55. The van der Waals surface area contributed by atoms with E-state index in [0.29, 0.717) is 17.4 Å². The summed E-state index contributed by atoms with van der Waals surface area (Å²) in [5.74, 6) is 1.81. The largest absolute Gasteiger partial charge is 0.292 e. The summed E-state index contributed by atoms with van der Waals surface area (Å²) < 4.78 is 0. The number of rotatable bonds is 4. The Morgan fingerprint density at radius 1 is 1.38 bits per heavy atom. The Labute approximate surface area is 146 Å². The topological polar surface area (TPSA) is 49.7 Å². The van der Waals surface area contributed by atoms with Gasteiger partial charge in [0.05, 0.1) is 11.1 Å². The van der Waals surface area contributed by atoms with Crippen LogP contribution in [0.5, 0.6) is 0 Å². The highest BCUT2D eigenvalue weighted by atomic mass is 32.1. The Morgan fingerprint density at radius 3 is 2.71 bits per heavy atom. The molecular formula is C19H24N2O2S. The van der Waals surface area contributed by atoms with Gasteiger partial charge in [-0.2, -0.15) is 16.4 Å². The van der Waals surface area contributed by atoms with Gasteiger partial charge in [-0.3, -0.25) is 9.59 Å². The van der Waals surface area contributed by atoms with Crippen molar-refractivity contribution in [1.82, 2.24) is 5.01 Å². The standard InChI is InChI=1S/C19H24N2O2S/c1-12-19(2,16-9-13-3-5-14(16)6-4-13)18(23)21(20-12)10-17(22)15-7-8-24-11-15/h7-8,11,13-14,16H,3-6,9-10H2,1-2H3/t13?,14?,16-,19?/m1/s1. The molecule has 0 radical (unpaired) electrons. The van der Waals surface area contributed by atoms with Crippen LogP contribution in [0.15, 0.2) is 21.9 Å². The molecule has 5 heteroatoms. The molecule has 0 spiro atoms. The number of thiophene rings is 1. The fourth-order valence-electron chi connectivity index (χ4n) is 5.02. The third kappa shape index (κ3) is 2.36. The summed E-state index contributed by atoms with van der Waals surface area (Å²) in [7, 11) is 0. The maximum Gasteiger partial charge on any atom is 0.255 e. The second kappa shape index (κ2) is 5.80. The van der Waals surface area contributed by atoms with Gasteiger partial charge in [0, 0.05) is 10.9 Å². The van der Waals surface area contributed by atoms with Crippen LogP contribution in [0.3, 0.4) is 0 Å². The summed E-state index contributed by atoms with van der Waals surface area (Å²) in [5.41, 5.74) is 1.05. The van der Waals surface area contributed by atoms with Crippen LogP contribution in [0, 0.1) is 23.2 Å². The van der Waals surface area contributed by atoms with Gasteiger partial charge in [-0.05, 0) is 62.3 Å². The first kappa shape index (κ1) is 16.0. The molecule has 1 aromatic rings. The van der Waals surface area contributed by atoms with Gasteiger partial charge in [-0.25, -0.2) is 5.01 Å². The smallest absolute Gasteiger partial charge is 0.255 e. The third-order valence-electron chi connectivity index (χ3n) is 6.63. The van der Waals surface area contributed by atoms with Crippen molar-refractivity contribution >= 4 is 28.7 Å². The van der Waals surface area contributed by atoms with Crippen LogP contribution in [-0.2, 0) is 4.79 Å². The average Bonchev–Trinajstić information content (AvgIpc) is 3.21. The van der Waals surface area contributed by atoms with Gasteiger partial charge in [-0.15, -0.1) is 0 Å². The molecule has 1 aliphatic heterocycles. The van der Waals surface area contributed by atoms with Crippen LogP contribution >= 0.6 is 11.3 Å². The van der Waals surface area contributed by atoms with E-state index in [9.17, 15) is 9.59 Å². The second-order valence-electron chi connectivity index (χ2n) is 7.81. The Bertz CT molecular complexity index is 688. The molecule has 5 rings (SSSR count). The van der Waals surface area contributed by atoms with Crippen molar-refractivity contribution in [1.29, 1.82) is 0 Å². The molecule has 2 atom stereocenters. The van der Waals surface area contributed by atoms with E-state index in [2.05, 4.69) is 12.0 Å². The van der Waals surface area contributed by atoms with Crippen LogP contribution in [0.2, 0.25) is 0 Å². The Kier molecular flexibility index (Phi) is 3.87. The minimum atomic E-state index is -0.515. The predicted octanol–water partition coefficient (Wildman–Crippen LogP) is 3.98. The van der Waals surface area contributed by atoms with Crippen LogP contribution in [-0.4, -0.2) is 29.0 Å². The highest BCUT2D eigenvalue weighted by molar-refractivity contribution is 7.08. The fraction of sp³-hybridized carbons (Fsp3) is 0.632. The molecular weight excluding hydrogens is 320 g/mol. The molecule has 1 unspecified atom stereocenters. The first-order valence-electron chi connectivity index (χ1n) is 8.93. The van der Waals surface area contributed by atoms with Crippen LogP contribution in [0.4, 0.5) is 0 Å². The van der Waals surface area contributed by atoms with Crippen LogP contribution in [0.25, 0.3) is 0 Å². The molecule has 0 saturated heterocycles. The lowest BCUT2D eigenvalue weighted by molar-refractivity contribution is -0.140. The SMILES string of the molecule is CC1=NN(CC(=O)c2ccsc2)C(=O)C1(C)[C@@H]1CC2CCC1CC2. The lowest BCUT2D eigenvalue weighted by Crippen LogP contribution is -2.49. The number of carbonyl (C=O) groups is 2. The van der Waals surface area contributed by atoms with Gasteiger partial charge in [0.25, 0.3) is 5.91 Å². The molecule has 24 heavy (non-hydrogen) atoms. The van der Waals surface area contributed by atoms with Crippen molar-refractivity contribution < 1.29 is 9.59 Å². The molecule has 3 aliphatic carbocycles. The van der Waals surface area contributed by atoms with Gasteiger partial charge in [-0.1, -0.05) is 12.8 Å². The number of fused-ring (bicyclic) bond motifs is 3. The Hall–Kier alpha value is -1.49. The van der Waals surface area contributed by atoms with Crippen LogP contribution in [0.1, 0.15) is 56.3 Å². The Balaban J connectivity index is 1.55. The van der Waals surface area contributed by atoms with Gasteiger partial charge in [0.15, 0.2) is 5.78 Å². The molecule has 1 aromatic heterocycles. The van der Waals surface area contributed by atoms with Gasteiger partial charge >= 0.3 is 0 Å². The maximum atomic E-state index is 13.2. The molecule has 4 aliphatic rings. The summed E-state index contributed by atoms with van der Waals surface area (Å²) >= 11 is 1.50. The number of hydrogen-bond acceptors (Lipinski definition) is 4. The molecule has 0 aromatic carbocycles. The first-order chi connectivity index (χ1) is 11.5. The van der Waals surface area contributed by atoms with E-state index in [4.69, 9.17) is 0 Å². The van der Waals surface area contributed by atoms with Crippen LogP contribution < -0.4 is 0 Å². The lowest BCUT2D eigenvalue weighted by atomic mass is 9.55. The zero-order chi connectivity index (χ0) is 16.9. The van der Waals surface area contributed by atoms with Crippen molar-refractivity contribution in [2.75, 3.05) is 6.54 Å². The summed E-state index contributed by atoms with van der Waals surface area (Å²) in [6, 6.07) is 1.81. The van der Waals surface area contributed by atoms with Crippen molar-refractivity contribution in [3.63, 3.8) is 0 Å². The number of hydrazone groups is 1. The van der Waals surface area contributed by atoms with Crippen molar-refractivity contribution in [3.05, 3.63) is 22.4 Å². The molecule has 3 fully saturated rings. The summed E-state index contributed by atoms with van der Waals surface area (Å²) in [5, 5.41) is 9.66. The van der Waals surface area contributed by atoms with E-state index in [1.54, 1.807) is 0 Å². The molecule has 2 heterocycles. The maximum absolute atomic E-state index is 13.2. The summed E-state index contributed by atoms with van der Waals surface area (Å²) in [6.07, 6.45) is 6.29. The number of ketones is 1. The summed E-state index contributed by atoms with van der Waals surface area (Å²) in [4.78, 5) is 25.6. The van der Waals surface area contributed by atoms with E-state index in [1.807, 2.05) is 23.8 Å². The van der Waals surface area contributed by atoms with E-state index >= 15 is 0 Å². The number of amides is 1. The van der Waals surface area contributed by atoms with E-state index in [1.165, 1.54) is 42.0 Å². The molecule has 4 nitrogen and oxygen atoms in total. The average molecular weight is 344 g/mol. The zero-order valence-electron chi connectivity index (χ0n) is 14.3. The quantitative estimate of drug-likeness (QED) is 0.776. The number of hydrogen-bond donors (Lipinski definition) is 0. The molecule has 2 bridgehead atoms. The van der Waals surface area contributed by atoms with Gasteiger partial charge in [0.1, 0.15) is 6.54 Å². The minimum absolute atomic E-state index is 0.0288. The Morgan fingerprint density at radius 2 is 2.12 bits per heavy atom. The van der Waals surface area contributed by atoms with Crippen molar-refractivity contribution in [2.24, 2.45) is 28.3 Å². The molecule has 0 N–H and O–H groups in total. The lowest BCUT2D eigenvalue weighted by Gasteiger charge is -2.48. The van der Waals surface area contributed by atoms with Crippen molar-refractivity contribution in [3.8, 4) is 0 Å². The van der Waals surface area contributed by atoms with Gasteiger partial charge in [0.2, 0.25) is 0 Å². The predicted molar refractivity (Wildman–Crippen MR) is 95.1 cm³/mol. The second-order valence-corrected chi connectivity index (χ2v) is 8.59. The highest BCUT2D eigenvalue weighted by Crippen LogP contribution is 2.54. The van der Waals surface area contributed by atoms with Gasteiger partial charge < -0.3 is 0 Å². The molecule has 128 valence electrons. The number of nitrogens with zero attached hydrogens (tertiary/aromatic N) is 2. The number of carbonyl (C=O) groups excluding carboxylic acids is 2. The molecule has 3 saturated carbocycles.